The van der Waals surface area contributed by atoms with Gasteiger partial charge in [0.15, 0.2) is 0 Å². The molecule has 4 N–H and O–H groups in total. The van der Waals surface area contributed by atoms with Gasteiger partial charge in [-0.3, -0.25) is 4.79 Å². The number of phenols is 2. The van der Waals surface area contributed by atoms with E-state index in [1.165, 1.54) is 6.07 Å². The summed E-state index contributed by atoms with van der Waals surface area (Å²) in [5.41, 5.74) is 9.95. The van der Waals surface area contributed by atoms with Crippen LogP contribution >= 0.6 is 0 Å². The Morgan fingerprint density at radius 3 is 2.55 bits per heavy atom. The minimum absolute atomic E-state index is 0.0441. The van der Waals surface area contributed by atoms with Crippen LogP contribution in [0.5, 0.6) is 17.2 Å². The van der Waals surface area contributed by atoms with E-state index in [4.69, 9.17) is 10.5 Å². The molecular weight excluding hydrogens is 368 g/mol. The van der Waals surface area contributed by atoms with Crippen molar-refractivity contribution in [1.82, 2.24) is 4.90 Å². The molecule has 148 valence electrons. The molecule has 29 heavy (non-hydrogen) atoms. The van der Waals surface area contributed by atoms with Gasteiger partial charge < -0.3 is 25.6 Å². The number of benzene rings is 3. The molecule has 0 aromatic heterocycles. The van der Waals surface area contributed by atoms with Gasteiger partial charge in [-0.1, -0.05) is 42.5 Å². The predicted octanol–water partition coefficient (Wildman–Crippen LogP) is 3.72. The lowest BCUT2D eigenvalue weighted by Gasteiger charge is -2.21. The number of hydrogen-bond acceptors (Lipinski definition) is 5. The summed E-state index contributed by atoms with van der Waals surface area (Å²) < 4.78 is 5.90. The average Bonchev–Trinajstić information content (AvgIpc) is 3.16. The molecule has 0 saturated carbocycles. The number of phenolic OH excluding ortho intramolecular Hbond substituents is 2. The van der Waals surface area contributed by atoms with Crippen molar-refractivity contribution in [3.05, 3.63) is 82.4 Å². The SMILES string of the molecule is Cc1c(O)cc(O)c(C(=O)N2Cc3cccc(N)c3C2)c1OCc1ccccc1. The highest BCUT2D eigenvalue weighted by atomic mass is 16.5. The number of nitrogen functional groups attached to an aromatic ring is 1. The first kappa shape index (κ1) is 18.7. The quantitative estimate of drug-likeness (QED) is 0.590. The van der Waals surface area contributed by atoms with Crippen LogP contribution in [0.4, 0.5) is 5.69 Å². The van der Waals surface area contributed by atoms with E-state index in [1.807, 2.05) is 48.5 Å². The van der Waals surface area contributed by atoms with Crippen LogP contribution in [0, 0.1) is 6.92 Å². The van der Waals surface area contributed by atoms with Crippen molar-refractivity contribution >= 4 is 11.6 Å². The Balaban J connectivity index is 1.67. The number of ether oxygens (including phenoxy) is 1. The molecule has 0 fully saturated rings. The molecule has 0 saturated heterocycles. The van der Waals surface area contributed by atoms with Gasteiger partial charge in [-0.25, -0.2) is 0 Å². The largest absolute Gasteiger partial charge is 0.507 e. The fourth-order valence-corrected chi connectivity index (χ4v) is 3.60. The van der Waals surface area contributed by atoms with Crippen molar-refractivity contribution in [2.45, 2.75) is 26.6 Å². The third-order valence-corrected chi connectivity index (χ3v) is 5.23. The molecule has 6 heteroatoms. The second-order valence-electron chi connectivity index (χ2n) is 7.16. The molecule has 4 rings (SSSR count). The highest BCUT2D eigenvalue weighted by Gasteiger charge is 2.31. The molecule has 1 aliphatic heterocycles. The number of amides is 1. The monoisotopic (exact) mass is 390 g/mol. The zero-order chi connectivity index (χ0) is 20.5. The van der Waals surface area contributed by atoms with Gasteiger partial charge in [0.1, 0.15) is 29.4 Å². The normalized spacial score (nSPS) is 12.7. The van der Waals surface area contributed by atoms with E-state index in [2.05, 4.69) is 0 Å². The number of hydrogen-bond donors (Lipinski definition) is 3. The van der Waals surface area contributed by atoms with Crippen LogP contribution in [0.1, 0.15) is 32.6 Å². The maximum atomic E-state index is 13.3. The minimum Gasteiger partial charge on any atom is -0.507 e. The summed E-state index contributed by atoms with van der Waals surface area (Å²) in [6.45, 7) is 2.62. The Morgan fingerprint density at radius 2 is 1.83 bits per heavy atom. The number of aromatic hydroxyl groups is 2. The maximum Gasteiger partial charge on any atom is 0.262 e. The summed E-state index contributed by atoms with van der Waals surface area (Å²) >= 11 is 0. The van der Waals surface area contributed by atoms with Crippen LogP contribution in [0.3, 0.4) is 0 Å². The number of nitrogens with two attached hydrogens (primary N) is 1. The Bertz CT molecular complexity index is 1080. The van der Waals surface area contributed by atoms with E-state index < -0.39 is 0 Å². The fourth-order valence-electron chi connectivity index (χ4n) is 3.60. The topological polar surface area (TPSA) is 96.0 Å². The Kier molecular flexibility index (Phi) is 4.76. The van der Waals surface area contributed by atoms with E-state index in [1.54, 1.807) is 11.8 Å². The van der Waals surface area contributed by atoms with Gasteiger partial charge in [0.05, 0.1) is 0 Å². The second-order valence-corrected chi connectivity index (χ2v) is 7.16. The van der Waals surface area contributed by atoms with E-state index in [0.29, 0.717) is 24.3 Å². The molecule has 3 aromatic rings. The second kappa shape index (κ2) is 7.39. The van der Waals surface area contributed by atoms with Gasteiger partial charge >= 0.3 is 0 Å². The molecule has 0 spiro atoms. The van der Waals surface area contributed by atoms with Gasteiger partial charge in [-0.05, 0) is 29.7 Å². The average molecular weight is 390 g/mol. The summed E-state index contributed by atoms with van der Waals surface area (Å²) in [5, 5.41) is 20.6. The number of nitrogens with zero attached hydrogens (tertiary/aromatic N) is 1. The first-order chi connectivity index (χ1) is 14.0. The standard InChI is InChI=1S/C23H22N2O4/c1-14-19(26)10-20(27)21(22(14)29-13-15-6-3-2-4-7-15)23(28)25-11-16-8-5-9-18(24)17(16)12-25/h2-10,26-27H,11-13,24H2,1H3. The zero-order valence-corrected chi connectivity index (χ0v) is 16.1. The lowest BCUT2D eigenvalue weighted by atomic mass is 10.1. The van der Waals surface area contributed by atoms with Crippen molar-refractivity contribution in [1.29, 1.82) is 0 Å². The molecule has 0 aliphatic carbocycles. The summed E-state index contributed by atoms with van der Waals surface area (Å²) in [6.07, 6.45) is 0. The number of carbonyl (C=O) groups excluding carboxylic acids is 1. The lowest BCUT2D eigenvalue weighted by Crippen LogP contribution is -2.26. The van der Waals surface area contributed by atoms with E-state index in [9.17, 15) is 15.0 Å². The molecule has 3 aromatic carbocycles. The minimum atomic E-state index is -0.371. The first-order valence-corrected chi connectivity index (χ1v) is 9.33. The molecule has 0 unspecified atom stereocenters. The van der Waals surface area contributed by atoms with Crippen LogP contribution < -0.4 is 10.5 Å². The number of anilines is 1. The number of carbonyl (C=O) groups is 1. The van der Waals surface area contributed by atoms with Gasteiger partial charge in [-0.2, -0.15) is 0 Å². The van der Waals surface area contributed by atoms with E-state index >= 15 is 0 Å². The number of rotatable bonds is 4. The summed E-state index contributed by atoms with van der Waals surface area (Å²) in [4.78, 5) is 14.9. The van der Waals surface area contributed by atoms with Crippen LogP contribution in [-0.2, 0) is 19.7 Å². The molecule has 1 amide bonds. The number of fused-ring (bicyclic) bond motifs is 1. The van der Waals surface area contributed by atoms with Crippen LogP contribution in [0.15, 0.2) is 54.6 Å². The van der Waals surface area contributed by atoms with E-state index in [0.717, 1.165) is 16.7 Å². The van der Waals surface area contributed by atoms with Crippen molar-refractivity contribution in [2.75, 3.05) is 5.73 Å². The zero-order valence-electron chi connectivity index (χ0n) is 16.1. The highest BCUT2D eigenvalue weighted by molar-refractivity contribution is 6.00. The summed E-state index contributed by atoms with van der Waals surface area (Å²) in [6, 6.07) is 16.3. The summed E-state index contributed by atoms with van der Waals surface area (Å²) in [7, 11) is 0. The van der Waals surface area contributed by atoms with Gasteiger partial charge in [0.2, 0.25) is 0 Å². The van der Waals surface area contributed by atoms with E-state index in [-0.39, 0.29) is 35.3 Å². The first-order valence-electron chi connectivity index (χ1n) is 9.33. The van der Waals surface area contributed by atoms with Crippen molar-refractivity contribution in [3.63, 3.8) is 0 Å². The molecule has 0 atom stereocenters. The van der Waals surface area contributed by atoms with Crippen LogP contribution in [0.25, 0.3) is 0 Å². The van der Waals surface area contributed by atoms with Crippen molar-refractivity contribution in [2.24, 2.45) is 0 Å². The van der Waals surface area contributed by atoms with Gasteiger partial charge in [-0.15, -0.1) is 0 Å². The maximum absolute atomic E-state index is 13.3. The molecule has 0 radical (unpaired) electrons. The fraction of sp³-hybridized carbons (Fsp3) is 0.174. The summed E-state index contributed by atoms with van der Waals surface area (Å²) in [5.74, 6) is -0.634. The van der Waals surface area contributed by atoms with Crippen molar-refractivity contribution < 1.29 is 19.7 Å². The Labute approximate surface area is 168 Å². The molecule has 1 aliphatic rings. The third-order valence-electron chi connectivity index (χ3n) is 5.23. The van der Waals surface area contributed by atoms with Crippen molar-refractivity contribution in [3.8, 4) is 17.2 Å². The van der Waals surface area contributed by atoms with Gasteiger partial charge in [0.25, 0.3) is 5.91 Å². The smallest absolute Gasteiger partial charge is 0.262 e. The van der Waals surface area contributed by atoms with Gasteiger partial charge in [0, 0.05) is 30.4 Å². The molecular formula is C23H22N2O4. The molecule has 0 bridgehead atoms. The molecule has 1 heterocycles. The third kappa shape index (κ3) is 3.45. The molecule has 6 nitrogen and oxygen atoms in total. The van der Waals surface area contributed by atoms with Crippen LogP contribution in [0.2, 0.25) is 0 Å². The van der Waals surface area contributed by atoms with Crippen LogP contribution in [-0.4, -0.2) is 21.0 Å². The predicted molar refractivity (Wildman–Crippen MR) is 110 cm³/mol. The Morgan fingerprint density at radius 1 is 1.07 bits per heavy atom. The highest BCUT2D eigenvalue weighted by Crippen LogP contribution is 2.40. The lowest BCUT2D eigenvalue weighted by molar-refractivity contribution is 0.0743. The Hall–Kier alpha value is -3.67.